The lowest BCUT2D eigenvalue weighted by Gasteiger charge is -2.03. The van der Waals surface area contributed by atoms with Gasteiger partial charge in [0, 0.05) is 11.1 Å². The molecule has 0 aromatic heterocycles. The molecule has 0 amide bonds. The van der Waals surface area contributed by atoms with E-state index in [0.717, 1.165) is 6.07 Å². The Hall–Kier alpha value is -1.62. The molecule has 0 bridgehead atoms. The number of Topliss-reactive ketones (excluding diaryl/α,β-unsaturated/α-hetero) is 2. The van der Waals surface area contributed by atoms with E-state index in [4.69, 9.17) is 9.11 Å². The van der Waals surface area contributed by atoms with E-state index >= 15 is 0 Å². The maximum Gasteiger partial charge on any atom is 0.272 e. The average molecular weight is 322 g/mol. The fraction of sp³-hybridized carbons (Fsp3) is 0.200. The third-order valence-corrected chi connectivity index (χ3v) is 3.39. The molecule has 0 aliphatic heterocycles. The molecule has 1 rings (SSSR count). The van der Waals surface area contributed by atoms with E-state index < -0.39 is 43.3 Å². The van der Waals surface area contributed by atoms with Crippen molar-refractivity contribution in [1.82, 2.24) is 0 Å². The molecule has 10 heteroatoms. The first-order valence-corrected chi connectivity index (χ1v) is 8.26. The number of hydrogen-bond acceptors (Lipinski definition) is 6. The molecule has 0 saturated heterocycles. The number of carbonyl (C=O) groups excluding carboxylic acids is 2. The molecule has 0 aliphatic carbocycles. The van der Waals surface area contributed by atoms with E-state index in [1.165, 1.54) is 18.2 Å². The second-order valence-corrected chi connectivity index (χ2v) is 6.78. The van der Waals surface area contributed by atoms with Crippen LogP contribution < -0.4 is 0 Å². The SMILES string of the molecule is O=C(CS(=O)(=O)O)c1cccc(C(=O)CS(=O)(=O)O)c1. The summed E-state index contributed by atoms with van der Waals surface area (Å²) in [5.74, 6) is -4.20. The normalized spacial score (nSPS) is 12.1. The Kier molecular flexibility index (Phi) is 4.76. The fourth-order valence-corrected chi connectivity index (χ4v) is 2.36. The Balaban J connectivity index is 3.02. The van der Waals surface area contributed by atoms with Gasteiger partial charge in [-0.15, -0.1) is 0 Å². The molecule has 0 spiro atoms. The minimum absolute atomic E-state index is 0.177. The average Bonchev–Trinajstić information content (AvgIpc) is 2.24. The smallest absolute Gasteiger partial charge is 0.272 e. The van der Waals surface area contributed by atoms with Gasteiger partial charge in [-0.3, -0.25) is 18.7 Å². The van der Waals surface area contributed by atoms with Crippen molar-refractivity contribution < 1.29 is 35.5 Å². The minimum Gasteiger partial charge on any atom is -0.293 e. The van der Waals surface area contributed by atoms with Gasteiger partial charge in [-0.25, -0.2) is 0 Å². The standard InChI is InChI=1S/C10H10O8S2/c11-9(5-19(13,14)15)7-2-1-3-8(4-7)10(12)6-20(16,17)18/h1-4H,5-6H2,(H,13,14,15)(H,16,17,18). The summed E-state index contributed by atoms with van der Waals surface area (Å²) in [5.41, 5.74) is -0.354. The molecule has 0 atom stereocenters. The van der Waals surface area contributed by atoms with Gasteiger partial charge in [0.15, 0.2) is 11.6 Å². The van der Waals surface area contributed by atoms with Crippen LogP contribution in [0, 0.1) is 0 Å². The predicted molar refractivity (Wildman–Crippen MR) is 67.9 cm³/mol. The van der Waals surface area contributed by atoms with Gasteiger partial charge < -0.3 is 0 Å². The molecular weight excluding hydrogens is 312 g/mol. The lowest BCUT2D eigenvalue weighted by Crippen LogP contribution is -2.17. The van der Waals surface area contributed by atoms with Crippen molar-refractivity contribution in [2.24, 2.45) is 0 Å². The van der Waals surface area contributed by atoms with Gasteiger partial charge >= 0.3 is 0 Å². The van der Waals surface area contributed by atoms with Crippen molar-refractivity contribution in [2.75, 3.05) is 11.5 Å². The number of benzene rings is 1. The number of hydrogen-bond donors (Lipinski definition) is 2. The zero-order chi connectivity index (χ0) is 15.6. The van der Waals surface area contributed by atoms with Gasteiger partial charge in [-0.1, -0.05) is 18.2 Å². The number of rotatable bonds is 6. The van der Waals surface area contributed by atoms with Gasteiger partial charge in [0.1, 0.15) is 11.5 Å². The summed E-state index contributed by atoms with van der Waals surface area (Å²) in [6.07, 6.45) is 0. The highest BCUT2D eigenvalue weighted by atomic mass is 32.2. The molecule has 0 fully saturated rings. The van der Waals surface area contributed by atoms with Crippen LogP contribution in [0.1, 0.15) is 20.7 Å². The Bertz CT molecular complexity index is 684. The zero-order valence-electron chi connectivity index (χ0n) is 9.88. The van der Waals surface area contributed by atoms with Gasteiger partial charge in [0.2, 0.25) is 0 Å². The quantitative estimate of drug-likeness (QED) is 0.542. The molecule has 0 radical (unpaired) electrons. The molecule has 0 unspecified atom stereocenters. The van der Waals surface area contributed by atoms with Gasteiger partial charge in [-0.05, 0) is 6.07 Å². The lowest BCUT2D eigenvalue weighted by molar-refractivity contribution is 0.101. The van der Waals surface area contributed by atoms with Crippen LogP contribution in [-0.2, 0) is 20.2 Å². The topological polar surface area (TPSA) is 143 Å². The van der Waals surface area contributed by atoms with Crippen molar-refractivity contribution in [3.63, 3.8) is 0 Å². The summed E-state index contributed by atoms with van der Waals surface area (Å²) in [7, 11) is -9.01. The highest BCUT2D eigenvalue weighted by molar-refractivity contribution is 7.86. The van der Waals surface area contributed by atoms with Crippen LogP contribution in [0.15, 0.2) is 24.3 Å². The maximum absolute atomic E-state index is 11.5. The second-order valence-electron chi connectivity index (χ2n) is 3.88. The summed E-state index contributed by atoms with van der Waals surface area (Å²) < 4.78 is 59.4. The Morgan fingerprint density at radius 3 is 1.50 bits per heavy atom. The summed E-state index contributed by atoms with van der Waals surface area (Å²) >= 11 is 0. The Labute approximate surface area is 114 Å². The highest BCUT2D eigenvalue weighted by Gasteiger charge is 2.18. The third-order valence-electron chi connectivity index (χ3n) is 2.13. The molecule has 1 aromatic rings. The molecular formula is C10H10O8S2. The number of ketones is 2. The molecule has 2 N–H and O–H groups in total. The molecule has 1 aromatic carbocycles. The summed E-state index contributed by atoms with van der Waals surface area (Å²) in [4.78, 5) is 23.0. The maximum atomic E-state index is 11.5. The predicted octanol–water partition coefficient (Wildman–Crippen LogP) is -0.172. The van der Waals surface area contributed by atoms with Gasteiger partial charge in [-0.2, -0.15) is 16.8 Å². The largest absolute Gasteiger partial charge is 0.293 e. The molecule has 0 aliphatic rings. The second kappa shape index (κ2) is 5.79. The third kappa shape index (κ3) is 5.57. The van der Waals surface area contributed by atoms with Gasteiger partial charge in [0.25, 0.3) is 20.2 Å². The van der Waals surface area contributed by atoms with Crippen molar-refractivity contribution in [1.29, 1.82) is 0 Å². The van der Waals surface area contributed by atoms with Gasteiger partial charge in [0.05, 0.1) is 0 Å². The zero-order valence-corrected chi connectivity index (χ0v) is 11.5. The van der Waals surface area contributed by atoms with Crippen LogP contribution in [0.4, 0.5) is 0 Å². The molecule has 8 nitrogen and oxygen atoms in total. The molecule has 110 valence electrons. The van der Waals surface area contributed by atoms with E-state index in [1.54, 1.807) is 0 Å². The first-order chi connectivity index (χ1) is 8.98. The van der Waals surface area contributed by atoms with E-state index in [-0.39, 0.29) is 11.1 Å². The first-order valence-electron chi connectivity index (χ1n) is 5.05. The van der Waals surface area contributed by atoms with Crippen molar-refractivity contribution >= 4 is 31.8 Å². The fourth-order valence-electron chi connectivity index (χ4n) is 1.36. The van der Waals surface area contributed by atoms with Crippen molar-refractivity contribution in [2.45, 2.75) is 0 Å². The highest BCUT2D eigenvalue weighted by Crippen LogP contribution is 2.09. The van der Waals surface area contributed by atoms with Crippen molar-refractivity contribution in [3.8, 4) is 0 Å². The minimum atomic E-state index is -4.50. The lowest BCUT2D eigenvalue weighted by atomic mass is 10.1. The van der Waals surface area contributed by atoms with Crippen LogP contribution in [0.3, 0.4) is 0 Å². The first kappa shape index (κ1) is 16.4. The molecule has 0 saturated carbocycles. The van der Waals surface area contributed by atoms with Crippen LogP contribution in [0.25, 0.3) is 0 Å². The van der Waals surface area contributed by atoms with E-state index in [1.807, 2.05) is 0 Å². The van der Waals surface area contributed by atoms with E-state index in [9.17, 15) is 26.4 Å². The summed E-state index contributed by atoms with van der Waals surface area (Å²) in [6.45, 7) is 0. The van der Waals surface area contributed by atoms with E-state index in [2.05, 4.69) is 0 Å². The van der Waals surface area contributed by atoms with Crippen LogP contribution in [0.2, 0.25) is 0 Å². The van der Waals surface area contributed by atoms with E-state index in [0.29, 0.717) is 0 Å². The molecule has 20 heavy (non-hydrogen) atoms. The number of carbonyl (C=O) groups is 2. The van der Waals surface area contributed by atoms with Crippen molar-refractivity contribution in [3.05, 3.63) is 35.4 Å². The molecule has 0 heterocycles. The summed E-state index contributed by atoms with van der Waals surface area (Å²) in [5, 5.41) is 0. The van der Waals surface area contributed by atoms with Crippen LogP contribution >= 0.6 is 0 Å². The summed E-state index contributed by atoms with van der Waals surface area (Å²) in [6, 6.07) is 4.64. The Morgan fingerprint density at radius 2 is 1.20 bits per heavy atom. The van der Waals surface area contributed by atoms with Crippen LogP contribution in [-0.4, -0.2) is 49.0 Å². The van der Waals surface area contributed by atoms with Crippen LogP contribution in [0.5, 0.6) is 0 Å². The Morgan fingerprint density at radius 1 is 0.850 bits per heavy atom. The monoisotopic (exact) mass is 322 g/mol.